The van der Waals surface area contributed by atoms with Gasteiger partial charge in [0.05, 0.1) is 10.6 Å². The maximum absolute atomic E-state index is 12.5. The van der Waals surface area contributed by atoms with Gasteiger partial charge >= 0.3 is 0 Å². The minimum absolute atomic E-state index is 0.0675. The van der Waals surface area contributed by atoms with Gasteiger partial charge in [0.25, 0.3) is 10.0 Å². The third kappa shape index (κ3) is 3.06. The van der Waals surface area contributed by atoms with Gasteiger partial charge in [0.15, 0.2) is 5.78 Å². The van der Waals surface area contributed by atoms with Crippen LogP contribution >= 0.6 is 0 Å². The number of sulfonamides is 1. The first-order chi connectivity index (χ1) is 10.9. The summed E-state index contributed by atoms with van der Waals surface area (Å²) in [7, 11) is -3.75. The van der Waals surface area contributed by atoms with Crippen LogP contribution < -0.4 is 0 Å². The van der Waals surface area contributed by atoms with E-state index in [4.69, 9.17) is 0 Å². The van der Waals surface area contributed by atoms with Crippen molar-refractivity contribution in [1.29, 1.82) is 0 Å². The topological polar surface area (TPSA) is 63.6 Å². The highest BCUT2D eigenvalue weighted by atomic mass is 32.2. The highest BCUT2D eigenvalue weighted by Gasteiger charge is 2.37. The molecule has 0 radical (unpaired) electrons. The molecule has 0 saturated carbocycles. The number of allylic oxidation sites excluding steroid dienone is 4. The van der Waals surface area contributed by atoms with Gasteiger partial charge in [0.2, 0.25) is 0 Å². The number of carbonyl (C=O) groups excluding carboxylic acids is 1. The Morgan fingerprint density at radius 3 is 2.22 bits per heavy atom. The Morgan fingerprint density at radius 1 is 0.957 bits per heavy atom. The SMILES string of the molecule is CC1=C(C)CC2C(=NS(=O)(=O)c3ccccc3)C=CC(=O)C2C1. The number of benzene rings is 1. The molecule has 2 unspecified atom stereocenters. The number of hydrogen-bond donors (Lipinski definition) is 0. The number of rotatable bonds is 2. The van der Waals surface area contributed by atoms with Crippen molar-refractivity contribution in [2.24, 2.45) is 16.2 Å². The minimum Gasteiger partial charge on any atom is -0.295 e. The molecule has 2 aliphatic rings. The van der Waals surface area contributed by atoms with E-state index in [2.05, 4.69) is 4.40 Å². The zero-order valence-electron chi connectivity index (χ0n) is 13.2. The molecule has 5 heteroatoms. The highest BCUT2D eigenvalue weighted by Crippen LogP contribution is 2.38. The molecule has 0 amide bonds. The summed E-state index contributed by atoms with van der Waals surface area (Å²) in [4.78, 5) is 12.3. The van der Waals surface area contributed by atoms with Gasteiger partial charge in [-0.05, 0) is 51.0 Å². The van der Waals surface area contributed by atoms with Crippen molar-refractivity contribution in [2.45, 2.75) is 31.6 Å². The van der Waals surface area contributed by atoms with E-state index in [9.17, 15) is 13.2 Å². The lowest BCUT2D eigenvalue weighted by Gasteiger charge is -2.33. The lowest BCUT2D eigenvalue weighted by atomic mass is 9.70. The summed E-state index contributed by atoms with van der Waals surface area (Å²) in [6.07, 6.45) is 4.41. The van der Waals surface area contributed by atoms with Crippen molar-refractivity contribution >= 4 is 21.5 Å². The first kappa shape index (κ1) is 15.9. The zero-order valence-corrected chi connectivity index (χ0v) is 14.0. The summed E-state index contributed by atoms with van der Waals surface area (Å²) in [5.41, 5.74) is 2.93. The predicted octanol–water partition coefficient (Wildman–Crippen LogP) is 3.32. The van der Waals surface area contributed by atoms with E-state index in [1.54, 1.807) is 24.3 Å². The largest absolute Gasteiger partial charge is 0.295 e. The molecule has 0 aromatic heterocycles. The van der Waals surface area contributed by atoms with E-state index in [1.807, 2.05) is 13.8 Å². The molecule has 0 N–H and O–H groups in total. The summed E-state index contributed by atoms with van der Waals surface area (Å²) in [5, 5.41) is 0. The molecular formula is C18H19NO3S. The molecule has 0 saturated heterocycles. The molecule has 0 heterocycles. The van der Waals surface area contributed by atoms with E-state index < -0.39 is 10.0 Å². The lowest BCUT2D eigenvalue weighted by molar-refractivity contribution is -0.119. The van der Waals surface area contributed by atoms with Crippen LogP contribution in [0.25, 0.3) is 0 Å². The van der Waals surface area contributed by atoms with Gasteiger partial charge in [-0.15, -0.1) is 0 Å². The minimum atomic E-state index is -3.75. The van der Waals surface area contributed by atoms with Gasteiger partial charge in [0.1, 0.15) is 0 Å². The van der Waals surface area contributed by atoms with Gasteiger partial charge < -0.3 is 0 Å². The Hall–Kier alpha value is -2.01. The number of hydrogen-bond acceptors (Lipinski definition) is 3. The zero-order chi connectivity index (χ0) is 16.6. The van der Waals surface area contributed by atoms with E-state index in [0.717, 1.165) is 0 Å². The molecule has 4 nitrogen and oxygen atoms in total. The molecular weight excluding hydrogens is 310 g/mol. The van der Waals surface area contributed by atoms with Crippen molar-refractivity contribution in [3.63, 3.8) is 0 Å². The molecule has 23 heavy (non-hydrogen) atoms. The Morgan fingerprint density at radius 2 is 1.57 bits per heavy atom. The summed E-state index contributed by atoms with van der Waals surface area (Å²) in [6.45, 7) is 4.08. The normalized spacial score (nSPS) is 26.5. The average molecular weight is 329 g/mol. The second-order valence-electron chi connectivity index (χ2n) is 6.22. The van der Waals surface area contributed by atoms with Crippen molar-refractivity contribution in [2.75, 3.05) is 0 Å². The van der Waals surface area contributed by atoms with E-state index in [-0.39, 0.29) is 22.5 Å². The van der Waals surface area contributed by atoms with Crippen LogP contribution in [0.15, 0.2) is 62.9 Å². The number of nitrogens with zero attached hydrogens (tertiary/aromatic N) is 1. The average Bonchev–Trinajstić information content (AvgIpc) is 2.53. The van der Waals surface area contributed by atoms with E-state index in [0.29, 0.717) is 18.6 Å². The summed E-state index contributed by atoms with van der Waals surface area (Å²) >= 11 is 0. The van der Waals surface area contributed by atoms with Gasteiger partial charge in [-0.2, -0.15) is 12.8 Å². The monoisotopic (exact) mass is 329 g/mol. The summed E-state index contributed by atoms with van der Waals surface area (Å²) < 4.78 is 29.0. The molecule has 2 atom stereocenters. The molecule has 0 aliphatic heterocycles. The van der Waals surface area contributed by atoms with Crippen LogP contribution in [0.4, 0.5) is 0 Å². The van der Waals surface area contributed by atoms with E-state index >= 15 is 0 Å². The standard InChI is InChI=1S/C18H19NO3S/c1-12-10-15-16(11-13(12)2)18(20)9-8-17(15)19-23(21,22)14-6-4-3-5-7-14/h3-9,15-16H,10-11H2,1-2H3. The maximum atomic E-state index is 12.5. The molecule has 0 spiro atoms. The third-order valence-electron chi connectivity index (χ3n) is 4.70. The Bertz CT molecular complexity index is 832. The highest BCUT2D eigenvalue weighted by molar-refractivity contribution is 7.90. The first-order valence-corrected chi connectivity index (χ1v) is 9.09. The van der Waals surface area contributed by atoms with Crippen LogP contribution in [0.5, 0.6) is 0 Å². The van der Waals surface area contributed by atoms with Gasteiger partial charge in [0, 0.05) is 11.8 Å². The Kier molecular flexibility index (Phi) is 4.06. The van der Waals surface area contributed by atoms with Gasteiger partial charge in [-0.25, -0.2) is 0 Å². The number of carbonyl (C=O) groups is 1. The first-order valence-electron chi connectivity index (χ1n) is 7.65. The lowest BCUT2D eigenvalue weighted by Crippen LogP contribution is -2.35. The second kappa shape index (κ2) is 5.89. The van der Waals surface area contributed by atoms with Crippen LogP contribution in [0.1, 0.15) is 26.7 Å². The fraction of sp³-hybridized carbons (Fsp3) is 0.333. The predicted molar refractivity (Wildman–Crippen MR) is 89.8 cm³/mol. The van der Waals surface area contributed by atoms with Crippen LogP contribution in [-0.4, -0.2) is 19.9 Å². The number of ketones is 1. The van der Waals surface area contributed by atoms with Crippen LogP contribution in [0, 0.1) is 11.8 Å². The van der Waals surface area contributed by atoms with Crippen LogP contribution in [0.2, 0.25) is 0 Å². The fourth-order valence-corrected chi connectivity index (χ4v) is 4.28. The summed E-state index contributed by atoms with van der Waals surface area (Å²) in [5.74, 6) is -0.263. The molecule has 1 aromatic carbocycles. The smallest absolute Gasteiger partial charge is 0.282 e. The number of fused-ring (bicyclic) bond motifs is 1. The summed E-state index contributed by atoms with van der Waals surface area (Å²) in [6, 6.07) is 8.18. The van der Waals surface area contributed by atoms with Crippen molar-refractivity contribution in [3.05, 3.63) is 53.6 Å². The molecule has 0 fully saturated rings. The van der Waals surface area contributed by atoms with Crippen LogP contribution in [-0.2, 0) is 14.8 Å². The van der Waals surface area contributed by atoms with Crippen molar-refractivity contribution in [3.8, 4) is 0 Å². The van der Waals surface area contributed by atoms with Crippen molar-refractivity contribution < 1.29 is 13.2 Å². The Labute approximate surface area is 136 Å². The van der Waals surface area contributed by atoms with Crippen molar-refractivity contribution in [1.82, 2.24) is 0 Å². The third-order valence-corrected chi connectivity index (χ3v) is 6.02. The quantitative estimate of drug-likeness (QED) is 0.782. The second-order valence-corrected chi connectivity index (χ2v) is 7.83. The van der Waals surface area contributed by atoms with Crippen LogP contribution in [0.3, 0.4) is 0 Å². The molecule has 3 rings (SSSR count). The Balaban J connectivity index is 2.02. The van der Waals surface area contributed by atoms with Gasteiger partial charge in [-0.3, -0.25) is 4.79 Å². The fourth-order valence-electron chi connectivity index (χ4n) is 3.20. The molecule has 1 aromatic rings. The van der Waals surface area contributed by atoms with Gasteiger partial charge in [-0.1, -0.05) is 29.3 Å². The molecule has 0 bridgehead atoms. The van der Waals surface area contributed by atoms with E-state index in [1.165, 1.54) is 29.4 Å². The molecule has 120 valence electrons. The maximum Gasteiger partial charge on any atom is 0.282 e. The molecule has 2 aliphatic carbocycles.